The largest absolute Gasteiger partial charge is 0.497 e. The lowest BCUT2D eigenvalue weighted by Gasteiger charge is -2.38. The molecule has 0 bridgehead atoms. The molecule has 0 aliphatic carbocycles. The molecule has 1 atom stereocenters. The number of carbonyl (C=O) groups excluding carboxylic acids is 1. The molecule has 1 amide bonds. The van der Waals surface area contributed by atoms with E-state index >= 15 is 0 Å². The molecule has 4 nitrogen and oxygen atoms in total. The Labute approximate surface area is 120 Å². The summed E-state index contributed by atoms with van der Waals surface area (Å²) in [5, 5.41) is 2.57. The van der Waals surface area contributed by atoms with Gasteiger partial charge in [-0.3, -0.25) is 0 Å². The summed E-state index contributed by atoms with van der Waals surface area (Å²) < 4.78 is 48.7. The fourth-order valence-electron chi connectivity index (χ4n) is 2.29. The van der Waals surface area contributed by atoms with Gasteiger partial charge in [0.05, 0.1) is 18.7 Å². The van der Waals surface area contributed by atoms with Crippen LogP contribution in [-0.2, 0) is 10.9 Å². The molecule has 1 fully saturated rings. The molecule has 1 saturated heterocycles. The van der Waals surface area contributed by atoms with Crippen molar-refractivity contribution in [1.82, 2.24) is 5.32 Å². The third-order valence-electron chi connectivity index (χ3n) is 3.44. The second-order valence-electron chi connectivity index (χ2n) is 5.63. The minimum absolute atomic E-state index is 0.0939. The van der Waals surface area contributed by atoms with E-state index < -0.39 is 29.3 Å². The fourth-order valence-corrected chi connectivity index (χ4v) is 2.29. The second-order valence-corrected chi connectivity index (χ2v) is 5.63. The van der Waals surface area contributed by atoms with E-state index in [9.17, 15) is 18.0 Å². The fraction of sp³-hybridized carbons (Fsp3) is 0.500. The first-order valence-corrected chi connectivity index (χ1v) is 6.33. The zero-order chi connectivity index (χ0) is 15.8. The van der Waals surface area contributed by atoms with E-state index in [0.717, 1.165) is 12.1 Å². The molecule has 0 aromatic heterocycles. The van der Waals surface area contributed by atoms with Crippen molar-refractivity contribution in [3.63, 3.8) is 0 Å². The Balaban J connectivity index is 2.49. The minimum Gasteiger partial charge on any atom is -0.497 e. The maximum absolute atomic E-state index is 13.0. The van der Waals surface area contributed by atoms with E-state index in [1.807, 2.05) is 13.8 Å². The van der Waals surface area contributed by atoms with Crippen LogP contribution in [0, 0.1) is 5.41 Å². The molecule has 1 aliphatic heterocycles. The normalized spacial score (nSPS) is 21.4. The van der Waals surface area contributed by atoms with E-state index in [4.69, 9.17) is 9.47 Å². The number of halogens is 3. The molecule has 0 saturated carbocycles. The molecule has 7 heteroatoms. The number of carbonyl (C=O) groups is 1. The molecule has 1 N–H and O–H groups in total. The lowest BCUT2D eigenvalue weighted by Crippen LogP contribution is -2.47. The topological polar surface area (TPSA) is 47.6 Å². The Hall–Kier alpha value is -1.92. The Morgan fingerprint density at radius 2 is 2.00 bits per heavy atom. The lowest BCUT2D eigenvalue weighted by atomic mass is 9.80. The molecular formula is C14H16F3NO3. The van der Waals surface area contributed by atoms with Crippen LogP contribution in [0.15, 0.2) is 18.2 Å². The standard InChI is InChI=1S/C14H16F3NO3/c1-13(2)7-21-12(19)18-11(13)8-4-9(14(15,16)17)6-10(5-8)20-3/h4-6,11H,7H2,1-3H3,(H,18,19)/t11-/m0/s1. The molecule has 1 aliphatic rings. The third-order valence-corrected chi connectivity index (χ3v) is 3.44. The molecule has 1 aromatic carbocycles. The summed E-state index contributed by atoms with van der Waals surface area (Å²) in [6, 6.07) is 2.86. The van der Waals surface area contributed by atoms with Gasteiger partial charge in [0.15, 0.2) is 0 Å². The number of hydrogen-bond acceptors (Lipinski definition) is 3. The van der Waals surface area contributed by atoms with Gasteiger partial charge in [0.25, 0.3) is 0 Å². The van der Waals surface area contributed by atoms with Crippen molar-refractivity contribution < 1.29 is 27.4 Å². The number of cyclic esters (lactones) is 1. The van der Waals surface area contributed by atoms with Gasteiger partial charge in [-0.2, -0.15) is 13.2 Å². The van der Waals surface area contributed by atoms with Crippen LogP contribution in [0.3, 0.4) is 0 Å². The van der Waals surface area contributed by atoms with Gasteiger partial charge in [-0.05, 0) is 23.8 Å². The van der Waals surface area contributed by atoms with Crippen LogP contribution in [0.1, 0.15) is 31.0 Å². The summed E-state index contributed by atoms with van der Waals surface area (Å²) in [6.45, 7) is 3.75. The molecule has 0 radical (unpaired) electrons. The Morgan fingerprint density at radius 3 is 2.57 bits per heavy atom. The highest BCUT2D eigenvalue weighted by atomic mass is 19.4. The molecule has 0 unspecified atom stereocenters. The van der Waals surface area contributed by atoms with Crippen molar-refractivity contribution in [2.75, 3.05) is 13.7 Å². The number of benzene rings is 1. The molecule has 21 heavy (non-hydrogen) atoms. The number of nitrogens with one attached hydrogen (secondary N) is 1. The van der Waals surface area contributed by atoms with Crippen LogP contribution in [0.5, 0.6) is 5.75 Å². The van der Waals surface area contributed by atoms with Crippen molar-refractivity contribution in [1.29, 1.82) is 0 Å². The maximum atomic E-state index is 13.0. The Bertz CT molecular complexity index is 555. The Kier molecular flexibility index (Phi) is 3.78. The predicted octanol–water partition coefficient (Wildman–Crippen LogP) is 3.52. The molecule has 1 heterocycles. The number of amides is 1. The number of rotatable bonds is 2. The third kappa shape index (κ3) is 3.22. The van der Waals surface area contributed by atoms with Crippen LogP contribution < -0.4 is 10.1 Å². The average Bonchev–Trinajstić information content (AvgIpc) is 2.40. The van der Waals surface area contributed by atoms with E-state index in [0.29, 0.717) is 5.56 Å². The molecule has 116 valence electrons. The number of alkyl halides is 3. The zero-order valence-corrected chi connectivity index (χ0v) is 11.9. The zero-order valence-electron chi connectivity index (χ0n) is 11.9. The average molecular weight is 303 g/mol. The second kappa shape index (κ2) is 5.13. The monoisotopic (exact) mass is 303 g/mol. The van der Waals surface area contributed by atoms with Crippen LogP contribution in [0.2, 0.25) is 0 Å². The van der Waals surface area contributed by atoms with Crippen LogP contribution in [0.25, 0.3) is 0 Å². The number of methoxy groups -OCH3 is 1. The number of hydrogen-bond donors (Lipinski definition) is 1. The van der Waals surface area contributed by atoms with Gasteiger partial charge in [0.2, 0.25) is 0 Å². The maximum Gasteiger partial charge on any atom is 0.416 e. The van der Waals surface area contributed by atoms with Crippen LogP contribution >= 0.6 is 0 Å². The van der Waals surface area contributed by atoms with Crippen molar-refractivity contribution in [2.24, 2.45) is 5.41 Å². The van der Waals surface area contributed by atoms with E-state index in [-0.39, 0.29) is 12.4 Å². The molecular weight excluding hydrogens is 287 g/mol. The van der Waals surface area contributed by atoms with E-state index in [1.54, 1.807) is 0 Å². The molecule has 1 aromatic rings. The highest BCUT2D eigenvalue weighted by molar-refractivity contribution is 5.69. The van der Waals surface area contributed by atoms with Crippen molar-refractivity contribution in [2.45, 2.75) is 26.1 Å². The highest BCUT2D eigenvalue weighted by Crippen LogP contribution is 2.40. The summed E-state index contributed by atoms with van der Waals surface area (Å²) in [5.41, 5.74) is -1.01. The quantitative estimate of drug-likeness (QED) is 0.909. The van der Waals surface area contributed by atoms with Gasteiger partial charge < -0.3 is 14.8 Å². The van der Waals surface area contributed by atoms with Gasteiger partial charge in [-0.1, -0.05) is 13.8 Å². The summed E-state index contributed by atoms with van der Waals surface area (Å²) in [4.78, 5) is 11.4. The summed E-state index contributed by atoms with van der Waals surface area (Å²) in [5.74, 6) is 0.0939. The van der Waals surface area contributed by atoms with Crippen LogP contribution in [-0.4, -0.2) is 19.8 Å². The first-order chi connectivity index (χ1) is 9.63. The smallest absolute Gasteiger partial charge is 0.416 e. The van der Waals surface area contributed by atoms with Crippen molar-refractivity contribution in [3.05, 3.63) is 29.3 Å². The van der Waals surface area contributed by atoms with Gasteiger partial charge in [-0.25, -0.2) is 4.79 Å². The van der Waals surface area contributed by atoms with Gasteiger partial charge in [0, 0.05) is 5.41 Å². The van der Waals surface area contributed by atoms with E-state index in [2.05, 4.69) is 5.32 Å². The summed E-state index contributed by atoms with van der Waals surface area (Å²) >= 11 is 0. The van der Waals surface area contributed by atoms with Gasteiger partial charge in [-0.15, -0.1) is 0 Å². The molecule has 2 rings (SSSR count). The number of ether oxygens (including phenoxy) is 2. The van der Waals surface area contributed by atoms with Crippen molar-refractivity contribution >= 4 is 6.09 Å². The lowest BCUT2D eigenvalue weighted by molar-refractivity contribution is -0.137. The summed E-state index contributed by atoms with van der Waals surface area (Å²) in [6.07, 6.45) is -5.13. The first kappa shape index (κ1) is 15.5. The van der Waals surface area contributed by atoms with E-state index in [1.165, 1.54) is 13.2 Å². The number of alkyl carbamates (subject to hydrolysis) is 1. The minimum atomic E-state index is -4.48. The first-order valence-electron chi connectivity index (χ1n) is 6.33. The SMILES string of the molecule is COc1cc([C@@H]2NC(=O)OCC2(C)C)cc(C(F)(F)F)c1. The molecule has 0 spiro atoms. The van der Waals surface area contributed by atoms with Gasteiger partial charge >= 0.3 is 12.3 Å². The predicted molar refractivity (Wildman–Crippen MR) is 69.0 cm³/mol. The summed E-state index contributed by atoms with van der Waals surface area (Å²) in [7, 11) is 1.30. The van der Waals surface area contributed by atoms with Crippen LogP contribution in [0.4, 0.5) is 18.0 Å². The van der Waals surface area contributed by atoms with Gasteiger partial charge in [0.1, 0.15) is 12.4 Å². The Morgan fingerprint density at radius 1 is 1.33 bits per heavy atom. The highest BCUT2D eigenvalue weighted by Gasteiger charge is 2.39. The van der Waals surface area contributed by atoms with Crippen molar-refractivity contribution in [3.8, 4) is 5.75 Å².